The number of hydrogen-bond acceptors (Lipinski definition) is 4. The highest BCUT2D eigenvalue weighted by Crippen LogP contribution is 2.41. The van der Waals surface area contributed by atoms with E-state index in [-0.39, 0.29) is 5.60 Å². The fraction of sp³-hybridized carbons (Fsp3) is 1.00. The third kappa shape index (κ3) is 3.62. The van der Waals surface area contributed by atoms with Gasteiger partial charge in [0.25, 0.3) is 0 Å². The topological polar surface area (TPSA) is 30.5 Å². The lowest BCUT2D eigenvalue weighted by Gasteiger charge is -2.41. The Bertz CT molecular complexity index is 244. The molecule has 0 amide bonds. The van der Waals surface area contributed by atoms with Crippen molar-refractivity contribution in [1.29, 1.82) is 0 Å². The molecule has 2 heterocycles. The van der Waals surface area contributed by atoms with Crippen molar-refractivity contribution in [3.63, 3.8) is 0 Å². The molecule has 4 heteroatoms. The number of ether oxygens (including phenoxy) is 2. The largest absolute Gasteiger partial charge is 0.380 e. The average molecular weight is 273 g/mol. The van der Waals surface area contributed by atoms with Gasteiger partial charge in [-0.3, -0.25) is 0 Å². The average Bonchev–Trinajstić information content (AvgIpc) is 2.82. The van der Waals surface area contributed by atoms with Crippen molar-refractivity contribution in [2.45, 2.75) is 44.8 Å². The molecule has 18 heavy (non-hydrogen) atoms. The second kappa shape index (κ2) is 7.13. The fourth-order valence-electron chi connectivity index (χ4n) is 3.14. The molecule has 0 aliphatic carbocycles. The summed E-state index contributed by atoms with van der Waals surface area (Å²) in [5.41, 5.74) is 0.188. The van der Waals surface area contributed by atoms with Crippen LogP contribution in [0.15, 0.2) is 0 Å². The van der Waals surface area contributed by atoms with Crippen molar-refractivity contribution < 1.29 is 9.47 Å². The van der Waals surface area contributed by atoms with E-state index in [1.54, 1.807) is 0 Å². The number of likely N-dealkylation sites (N-methyl/N-ethyl adjacent to an activating group) is 1. The van der Waals surface area contributed by atoms with E-state index in [2.05, 4.69) is 19.2 Å². The number of nitrogens with one attached hydrogen (secondary N) is 1. The molecule has 3 nitrogen and oxygen atoms in total. The highest BCUT2D eigenvalue weighted by Gasteiger charge is 2.42. The van der Waals surface area contributed by atoms with Gasteiger partial charge in [-0.2, -0.15) is 11.8 Å². The van der Waals surface area contributed by atoms with Crippen molar-refractivity contribution in [2.75, 3.05) is 37.9 Å². The number of hydrogen-bond donors (Lipinski definition) is 1. The molecule has 2 aliphatic rings. The first-order valence-corrected chi connectivity index (χ1v) is 8.48. The Hall–Kier alpha value is 0.230. The molecule has 1 N–H and O–H groups in total. The molecule has 2 fully saturated rings. The normalized spacial score (nSPS) is 34.0. The van der Waals surface area contributed by atoms with Crippen LogP contribution in [0.1, 0.15) is 33.1 Å². The molecule has 2 saturated heterocycles. The van der Waals surface area contributed by atoms with Gasteiger partial charge in [-0.1, -0.05) is 6.92 Å². The zero-order valence-electron chi connectivity index (χ0n) is 11.7. The molecule has 0 bridgehead atoms. The Morgan fingerprint density at radius 2 is 2.39 bits per heavy atom. The Balaban J connectivity index is 1.91. The minimum Gasteiger partial charge on any atom is -0.380 e. The van der Waals surface area contributed by atoms with Crippen molar-refractivity contribution in [3.8, 4) is 0 Å². The van der Waals surface area contributed by atoms with Gasteiger partial charge >= 0.3 is 0 Å². The highest BCUT2D eigenvalue weighted by molar-refractivity contribution is 7.99. The van der Waals surface area contributed by atoms with Gasteiger partial charge in [0, 0.05) is 25.0 Å². The summed E-state index contributed by atoms with van der Waals surface area (Å²) < 4.78 is 11.7. The van der Waals surface area contributed by atoms with Crippen LogP contribution in [0.25, 0.3) is 0 Å². The van der Waals surface area contributed by atoms with E-state index in [1.807, 2.05) is 11.8 Å². The van der Waals surface area contributed by atoms with Crippen LogP contribution in [0.4, 0.5) is 0 Å². The second-order valence-corrected chi connectivity index (χ2v) is 6.52. The predicted molar refractivity (Wildman–Crippen MR) is 77.3 cm³/mol. The number of rotatable bonds is 6. The zero-order valence-corrected chi connectivity index (χ0v) is 12.6. The molecule has 2 aliphatic heterocycles. The smallest absolute Gasteiger partial charge is 0.0783 e. The third-order valence-electron chi connectivity index (χ3n) is 4.14. The molecule has 106 valence electrons. The Labute approximate surface area is 115 Å². The summed E-state index contributed by atoms with van der Waals surface area (Å²) in [6.45, 7) is 7.86. The first-order valence-electron chi connectivity index (χ1n) is 7.32. The molecule has 0 aromatic rings. The maximum Gasteiger partial charge on any atom is 0.0783 e. The molecule has 3 atom stereocenters. The van der Waals surface area contributed by atoms with Crippen LogP contribution >= 0.6 is 11.8 Å². The molecule has 0 radical (unpaired) electrons. The van der Waals surface area contributed by atoms with Crippen molar-refractivity contribution >= 4 is 11.8 Å². The molecular weight excluding hydrogens is 246 g/mol. The van der Waals surface area contributed by atoms with E-state index in [4.69, 9.17) is 9.47 Å². The SMILES string of the molecule is CCNC(COCC)C1CCOC2(CCSC2)C1. The molecule has 0 saturated carbocycles. The molecule has 2 rings (SSSR count). The lowest BCUT2D eigenvalue weighted by molar-refractivity contribution is -0.0892. The predicted octanol–water partition coefficient (Wildman–Crippen LogP) is 2.30. The summed E-state index contributed by atoms with van der Waals surface area (Å²) in [5, 5.41) is 3.61. The van der Waals surface area contributed by atoms with Gasteiger partial charge in [0.05, 0.1) is 12.2 Å². The maximum atomic E-state index is 6.10. The standard InChI is InChI=1S/C14H27NO2S/c1-3-15-13(10-16-4-2)12-5-7-17-14(9-12)6-8-18-11-14/h12-13,15H,3-11H2,1-2H3. The Morgan fingerprint density at radius 1 is 1.50 bits per heavy atom. The minimum absolute atomic E-state index is 0.188. The van der Waals surface area contributed by atoms with Gasteiger partial charge in [-0.05, 0) is 44.4 Å². The van der Waals surface area contributed by atoms with Gasteiger partial charge in [-0.25, -0.2) is 0 Å². The monoisotopic (exact) mass is 273 g/mol. The number of thioether (sulfide) groups is 1. The van der Waals surface area contributed by atoms with Gasteiger partial charge in [-0.15, -0.1) is 0 Å². The molecule has 0 aromatic heterocycles. The highest BCUT2D eigenvalue weighted by atomic mass is 32.2. The zero-order chi connectivity index (χ0) is 12.8. The van der Waals surface area contributed by atoms with Gasteiger partial charge < -0.3 is 14.8 Å². The van der Waals surface area contributed by atoms with Gasteiger partial charge in [0.15, 0.2) is 0 Å². The van der Waals surface area contributed by atoms with E-state index in [0.29, 0.717) is 12.0 Å². The lowest BCUT2D eigenvalue weighted by Crippen LogP contribution is -2.48. The summed E-state index contributed by atoms with van der Waals surface area (Å²) in [6.07, 6.45) is 3.63. The van der Waals surface area contributed by atoms with Crippen LogP contribution in [-0.2, 0) is 9.47 Å². The molecule has 3 unspecified atom stereocenters. The van der Waals surface area contributed by atoms with Gasteiger partial charge in [0.1, 0.15) is 0 Å². The quantitative estimate of drug-likeness (QED) is 0.804. The first-order chi connectivity index (χ1) is 8.79. The Morgan fingerprint density at radius 3 is 3.06 bits per heavy atom. The Kier molecular flexibility index (Phi) is 5.80. The van der Waals surface area contributed by atoms with Crippen molar-refractivity contribution in [3.05, 3.63) is 0 Å². The van der Waals surface area contributed by atoms with Crippen molar-refractivity contribution in [1.82, 2.24) is 5.32 Å². The summed E-state index contributed by atoms with van der Waals surface area (Å²) >= 11 is 2.05. The summed E-state index contributed by atoms with van der Waals surface area (Å²) in [5.74, 6) is 3.17. The van der Waals surface area contributed by atoms with E-state index in [9.17, 15) is 0 Å². The summed E-state index contributed by atoms with van der Waals surface area (Å²) in [7, 11) is 0. The summed E-state index contributed by atoms with van der Waals surface area (Å²) in [4.78, 5) is 0. The summed E-state index contributed by atoms with van der Waals surface area (Å²) in [6, 6.07) is 0.501. The van der Waals surface area contributed by atoms with Crippen LogP contribution in [0.5, 0.6) is 0 Å². The van der Waals surface area contributed by atoms with E-state index in [0.717, 1.165) is 26.4 Å². The third-order valence-corrected chi connectivity index (χ3v) is 5.36. The van der Waals surface area contributed by atoms with Crippen molar-refractivity contribution in [2.24, 2.45) is 5.92 Å². The van der Waals surface area contributed by atoms with Crippen LogP contribution in [0.3, 0.4) is 0 Å². The fourth-order valence-corrected chi connectivity index (χ4v) is 4.52. The molecule has 0 aromatic carbocycles. The van der Waals surface area contributed by atoms with Crippen LogP contribution in [-0.4, -0.2) is 49.5 Å². The van der Waals surface area contributed by atoms with Crippen LogP contribution in [0.2, 0.25) is 0 Å². The van der Waals surface area contributed by atoms with E-state index >= 15 is 0 Å². The van der Waals surface area contributed by atoms with Crippen LogP contribution < -0.4 is 5.32 Å². The van der Waals surface area contributed by atoms with Crippen LogP contribution in [0, 0.1) is 5.92 Å². The minimum atomic E-state index is 0.188. The first kappa shape index (κ1) is 14.6. The maximum absolute atomic E-state index is 6.10. The molecule has 1 spiro atoms. The lowest BCUT2D eigenvalue weighted by atomic mass is 9.81. The van der Waals surface area contributed by atoms with Gasteiger partial charge in [0.2, 0.25) is 0 Å². The second-order valence-electron chi connectivity index (χ2n) is 5.41. The molecular formula is C14H27NO2S. The van der Waals surface area contributed by atoms with E-state index < -0.39 is 0 Å². The van der Waals surface area contributed by atoms with E-state index in [1.165, 1.54) is 30.8 Å².